The van der Waals surface area contributed by atoms with Gasteiger partial charge in [-0.2, -0.15) is 0 Å². The standard InChI is InChI=1S/C27H20ClF2N7O3/c28-16-6-8-19-22(14-16)31-27(36-24(19)32-33-25(36)20-4-1-2-5-23(20)37(39)40)35-11-3-10-34(12-13-35)26(38)18-9-7-17(29)15-21(18)30/h1-2,4-9,14-15H,3,10-13H2. The van der Waals surface area contributed by atoms with E-state index >= 15 is 0 Å². The highest BCUT2D eigenvalue weighted by molar-refractivity contribution is 6.31. The molecule has 202 valence electrons. The van der Waals surface area contributed by atoms with E-state index in [0.717, 1.165) is 12.1 Å². The van der Waals surface area contributed by atoms with Gasteiger partial charge in [0.2, 0.25) is 5.95 Å². The van der Waals surface area contributed by atoms with Gasteiger partial charge in [0.1, 0.15) is 11.6 Å². The van der Waals surface area contributed by atoms with Gasteiger partial charge in [-0.05, 0) is 42.8 Å². The number of hydrogen-bond acceptors (Lipinski definition) is 7. The normalized spacial score (nSPS) is 14.1. The molecular formula is C27H20ClF2N7O3. The summed E-state index contributed by atoms with van der Waals surface area (Å²) in [6, 6.07) is 14.3. The van der Waals surface area contributed by atoms with Gasteiger partial charge < -0.3 is 9.80 Å². The average molecular weight is 564 g/mol. The Kier molecular flexibility index (Phi) is 6.46. The second-order valence-electron chi connectivity index (χ2n) is 9.29. The molecule has 1 amide bonds. The van der Waals surface area contributed by atoms with Crippen LogP contribution in [0.1, 0.15) is 16.8 Å². The molecule has 10 nitrogen and oxygen atoms in total. The SMILES string of the molecule is O=C(c1ccc(F)cc1F)N1CCCN(c2nc3cc(Cl)ccc3c3nnc(-c4ccccc4[N+](=O)[O-])n23)CC1. The zero-order valence-electron chi connectivity index (χ0n) is 20.8. The molecule has 1 fully saturated rings. The van der Waals surface area contributed by atoms with E-state index < -0.39 is 22.5 Å². The Labute approximate surface area is 230 Å². The third kappa shape index (κ3) is 4.45. The van der Waals surface area contributed by atoms with Crippen molar-refractivity contribution in [3.8, 4) is 11.4 Å². The van der Waals surface area contributed by atoms with Crippen molar-refractivity contribution in [3.05, 3.63) is 93.0 Å². The van der Waals surface area contributed by atoms with Crippen LogP contribution in [0.15, 0.2) is 60.7 Å². The maximum atomic E-state index is 14.3. The number of anilines is 1. The van der Waals surface area contributed by atoms with Gasteiger partial charge >= 0.3 is 0 Å². The molecule has 0 bridgehead atoms. The molecule has 0 radical (unpaired) electrons. The Morgan fingerprint density at radius 1 is 0.975 bits per heavy atom. The van der Waals surface area contributed by atoms with Crippen LogP contribution >= 0.6 is 11.6 Å². The van der Waals surface area contributed by atoms with Gasteiger partial charge in [0.25, 0.3) is 11.6 Å². The number of nitrogens with zero attached hydrogens (tertiary/aromatic N) is 7. The van der Waals surface area contributed by atoms with E-state index in [-0.39, 0.29) is 29.2 Å². The van der Waals surface area contributed by atoms with Crippen molar-refractivity contribution in [1.82, 2.24) is 24.5 Å². The number of nitro groups is 1. The van der Waals surface area contributed by atoms with E-state index in [1.54, 1.807) is 40.8 Å². The zero-order valence-corrected chi connectivity index (χ0v) is 21.6. The fourth-order valence-corrected chi connectivity index (χ4v) is 5.12. The molecule has 40 heavy (non-hydrogen) atoms. The molecule has 1 saturated heterocycles. The molecule has 3 heterocycles. The summed E-state index contributed by atoms with van der Waals surface area (Å²) < 4.78 is 29.4. The summed E-state index contributed by atoms with van der Waals surface area (Å²) in [5.41, 5.74) is 0.938. The Balaban J connectivity index is 1.44. The predicted octanol–water partition coefficient (Wildman–Crippen LogP) is 5.14. The van der Waals surface area contributed by atoms with Gasteiger partial charge in [0, 0.05) is 48.7 Å². The van der Waals surface area contributed by atoms with E-state index in [1.807, 2.05) is 4.90 Å². The van der Waals surface area contributed by atoms with E-state index in [4.69, 9.17) is 16.6 Å². The first-order valence-corrected chi connectivity index (χ1v) is 12.8. The van der Waals surface area contributed by atoms with E-state index in [9.17, 15) is 23.7 Å². The maximum Gasteiger partial charge on any atom is 0.280 e. The number of para-hydroxylation sites is 1. The second-order valence-corrected chi connectivity index (χ2v) is 9.72. The molecule has 2 aromatic heterocycles. The van der Waals surface area contributed by atoms with Crippen LogP contribution in [-0.4, -0.2) is 61.5 Å². The highest BCUT2D eigenvalue weighted by atomic mass is 35.5. The molecule has 13 heteroatoms. The fraction of sp³-hybridized carbons (Fsp3) is 0.185. The summed E-state index contributed by atoms with van der Waals surface area (Å²) in [7, 11) is 0. The Morgan fingerprint density at radius 2 is 1.80 bits per heavy atom. The lowest BCUT2D eigenvalue weighted by Crippen LogP contribution is -2.36. The predicted molar refractivity (Wildman–Crippen MR) is 144 cm³/mol. The molecule has 1 aliphatic rings. The minimum Gasteiger partial charge on any atom is -0.340 e. The van der Waals surface area contributed by atoms with Crippen LogP contribution in [0.2, 0.25) is 5.02 Å². The molecule has 6 rings (SSSR count). The van der Waals surface area contributed by atoms with E-state index in [1.165, 1.54) is 11.0 Å². The number of carbonyl (C=O) groups excluding carboxylic acids is 1. The number of nitro benzene ring substituents is 1. The third-order valence-electron chi connectivity index (χ3n) is 6.85. The Hall–Kier alpha value is -4.71. The first-order chi connectivity index (χ1) is 19.3. The van der Waals surface area contributed by atoms with Crippen molar-refractivity contribution in [2.45, 2.75) is 6.42 Å². The largest absolute Gasteiger partial charge is 0.340 e. The number of carbonyl (C=O) groups is 1. The zero-order chi connectivity index (χ0) is 28.0. The molecule has 0 atom stereocenters. The summed E-state index contributed by atoms with van der Waals surface area (Å²) in [5.74, 6) is -1.55. The molecule has 0 aliphatic carbocycles. The van der Waals surface area contributed by atoms with E-state index in [0.29, 0.717) is 59.6 Å². The Morgan fingerprint density at radius 3 is 2.60 bits per heavy atom. The maximum absolute atomic E-state index is 14.3. The minimum atomic E-state index is -0.917. The molecule has 5 aromatic rings. The van der Waals surface area contributed by atoms with Crippen LogP contribution < -0.4 is 4.90 Å². The van der Waals surface area contributed by atoms with Crippen molar-refractivity contribution >= 4 is 45.7 Å². The van der Waals surface area contributed by atoms with Gasteiger partial charge in [-0.3, -0.25) is 14.9 Å². The summed E-state index contributed by atoms with van der Waals surface area (Å²) in [6.45, 7) is 1.36. The second kappa shape index (κ2) is 10.1. The van der Waals surface area contributed by atoms with E-state index in [2.05, 4.69) is 10.2 Å². The molecular weight excluding hydrogens is 544 g/mol. The van der Waals surface area contributed by atoms with Crippen molar-refractivity contribution in [1.29, 1.82) is 0 Å². The van der Waals surface area contributed by atoms with Crippen LogP contribution in [0.3, 0.4) is 0 Å². The van der Waals surface area contributed by atoms with Crippen LogP contribution in [0.4, 0.5) is 20.4 Å². The monoisotopic (exact) mass is 563 g/mol. The van der Waals surface area contributed by atoms with Gasteiger partial charge in [-0.15, -0.1) is 10.2 Å². The van der Waals surface area contributed by atoms with Gasteiger partial charge in [0.05, 0.1) is 21.6 Å². The topological polar surface area (TPSA) is 110 Å². The molecule has 0 unspecified atom stereocenters. The lowest BCUT2D eigenvalue weighted by molar-refractivity contribution is -0.384. The quantitative estimate of drug-likeness (QED) is 0.220. The molecule has 0 saturated carbocycles. The summed E-state index contributed by atoms with van der Waals surface area (Å²) in [5, 5.41) is 21.7. The van der Waals surface area contributed by atoms with Gasteiger partial charge in [-0.25, -0.2) is 18.2 Å². The highest BCUT2D eigenvalue weighted by Crippen LogP contribution is 2.34. The average Bonchev–Trinajstić information content (AvgIpc) is 3.23. The minimum absolute atomic E-state index is 0.132. The number of hydrogen-bond donors (Lipinski definition) is 0. The number of amides is 1. The number of benzene rings is 3. The van der Waals surface area contributed by atoms with Crippen LogP contribution in [-0.2, 0) is 0 Å². The summed E-state index contributed by atoms with van der Waals surface area (Å²) >= 11 is 6.26. The lowest BCUT2D eigenvalue weighted by Gasteiger charge is -2.24. The third-order valence-corrected chi connectivity index (χ3v) is 7.09. The van der Waals surface area contributed by atoms with Crippen molar-refractivity contribution in [2.24, 2.45) is 0 Å². The van der Waals surface area contributed by atoms with Crippen molar-refractivity contribution in [3.63, 3.8) is 0 Å². The van der Waals surface area contributed by atoms with Crippen molar-refractivity contribution in [2.75, 3.05) is 31.1 Å². The Bertz CT molecular complexity index is 1810. The van der Waals surface area contributed by atoms with Gasteiger partial charge in [-0.1, -0.05) is 23.7 Å². The summed E-state index contributed by atoms with van der Waals surface area (Å²) in [6.07, 6.45) is 0.522. The molecule has 0 spiro atoms. The smallest absolute Gasteiger partial charge is 0.280 e. The first-order valence-electron chi connectivity index (χ1n) is 12.4. The van der Waals surface area contributed by atoms with Crippen LogP contribution in [0, 0.1) is 21.7 Å². The highest BCUT2D eigenvalue weighted by Gasteiger charge is 2.28. The number of fused-ring (bicyclic) bond motifs is 3. The number of rotatable bonds is 4. The molecule has 3 aromatic carbocycles. The van der Waals surface area contributed by atoms with Crippen molar-refractivity contribution < 1.29 is 18.5 Å². The number of aromatic nitrogens is 4. The fourth-order valence-electron chi connectivity index (χ4n) is 4.95. The molecule has 1 aliphatic heterocycles. The molecule has 0 N–H and O–H groups in total. The van der Waals surface area contributed by atoms with Crippen LogP contribution in [0.5, 0.6) is 0 Å². The first kappa shape index (κ1) is 25.6. The van der Waals surface area contributed by atoms with Gasteiger partial charge in [0.15, 0.2) is 11.5 Å². The lowest BCUT2D eigenvalue weighted by atomic mass is 10.1. The summed E-state index contributed by atoms with van der Waals surface area (Å²) in [4.78, 5) is 32.7. The van der Waals surface area contributed by atoms with Crippen LogP contribution in [0.25, 0.3) is 27.9 Å². The number of halogens is 3.